The largest absolute Gasteiger partial charge is 0.355 e. The zero-order valence-electron chi connectivity index (χ0n) is 12.9. The Morgan fingerprint density at radius 3 is 3.05 bits per heavy atom. The number of fused-ring (bicyclic) bond motifs is 1. The Balaban J connectivity index is 1.58. The molecule has 1 aromatic rings. The van der Waals surface area contributed by atoms with E-state index in [4.69, 9.17) is 0 Å². The third kappa shape index (κ3) is 3.31. The quantitative estimate of drug-likeness (QED) is 0.933. The van der Waals surface area contributed by atoms with Gasteiger partial charge < -0.3 is 9.88 Å². The minimum atomic E-state index is -2.68. The number of imidazole rings is 1. The van der Waals surface area contributed by atoms with E-state index >= 15 is 0 Å². The second-order valence-corrected chi connectivity index (χ2v) is 6.67. The lowest BCUT2D eigenvalue weighted by molar-refractivity contribution is -0.132. The first-order valence-corrected chi connectivity index (χ1v) is 8.14. The highest BCUT2D eigenvalue weighted by Crippen LogP contribution is 2.36. The first-order valence-electron chi connectivity index (χ1n) is 8.14. The summed E-state index contributed by atoms with van der Waals surface area (Å²) in [6.45, 7) is 3.43. The highest BCUT2D eigenvalue weighted by Gasteiger charge is 2.39. The molecular formula is C16H23F2N3O. The predicted molar refractivity (Wildman–Crippen MR) is 78.9 cm³/mol. The van der Waals surface area contributed by atoms with Crippen molar-refractivity contribution in [2.24, 2.45) is 5.92 Å². The van der Waals surface area contributed by atoms with Gasteiger partial charge in [0.1, 0.15) is 5.82 Å². The smallest absolute Gasteiger partial charge is 0.248 e. The van der Waals surface area contributed by atoms with Crippen LogP contribution in [0.5, 0.6) is 0 Å². The topological polar surface area (TPSA) is 46.9 Å². The van der Waals surface area contributed by atoms with E-state index in [1.165, 1.54) is 0 Å². The van der Waals surface area contributed by atoms with Crippen molar-refractivity contribution < 1.29 is 13.6 Å². The Morgan fingerprint density at radius 2 is 2.27 bits per heavy atom. The maximum atomic E-state index is 13.4. The average molecular weight is 311 g/mol. The fraction of sp³-hybridized carbons (Fsp3) is 0.750. The van der Waals surface area contributed by atoms with Gasteiger partial charge in [-0.1, -0.05) is 0 Å². The molecule has 2 heterocycles. The second-order valence-electron chi connectivity index (χ2n) is 6.67. The molecule has 122 valence electrons. The summed E-state index contributed by atoms with van der Waals surface area (Å²) in [6, 6.07) is 0. The summed E-state index contributed by atoms with van der Waals surface area (Å²) in [6.07, 6.45) is 4.68. The molecule has 3 rings (SSSR count). The van der Waals surface area contributed by atoms with Crippen LogP contribution in [0.15, 0.2) is 6.20 Å². The van der Waals surface area contributed by atoms with Gasteiger partial charge in [-0.3, -0.25) is 4.79 Å². The summed E-state index contributed by atoms with van der Waals surface area (Å²) in [5, 5.41) is 2.88. The molecule has 1 saturated carbocycles. The van der Waals surface area contributed by atoms with Gasteiger partial charge >= 0.3 is 0 Å². The Kier molecular flexibility index (Phi) is 4.19. The fourth-order valence-electron chi connectivity index (χ4n) is 3.66. The molecule has 0 spiro atoms. The molecule has 1 aromatic heterocycles. The summed E-state index contributed by atoms with van der Waals surface area (Å²) in [4.78, 5) is 16.7. The molecule has 6 heteroatoms. The lowest BCUT2D eigenvalue weighted by Gasteiger charge is -2.29. The molecule has 22 heavy (non-hydrogen) atoms. The maximum Gasteiger partial charge on any atom is 0.248 e. The average Bonchev–Trinajstić information content (AvgIpc) is 2.84. The van der Waals surface area contributed by atoms with Gasteiger partial charge in [0, 0.05) is 44.0 Å². The minimum absolute atomic E-state index is 0.0872. The van der Waals surface area contributed by atoms with Crippen molar-refractivity contribution >= 4 is 5.91 Å². The number of aryl methyl sites for hydroxylation is 2. The van der Waals surface area contributed by atoms with Crippen molar-refractivity contribution in [1.29, 1.82) is 0 Å². The number of amides is 1. The number of hydrogen-bond donors (Lipinski definition) is 1. The van der Waals surface area contributed by atoms with Gasteiger partial charge in [0.2, 0.25) is 11.8 Å². The van der Waals surface area contributed by atoms with E-state index in [1.807, 2.05) is 13.1 Å². The number of carbonyl (C=O) groups excluding carboxylic acids is 1. The number of nitrogens with zero attached hydrogens (tertiary/aromatic N) is 2. The Labute approximate surface area is 129 Å². The van der Waals surface area contributed by atoms with E-state index in [1.54, 1.807) is 0 Å². The van der Waals surface area contributed by atoms with Crippen LogP contribution >= 0.6 is 0 Å². The lowest BCUT2D eigenvalue weighted by Crippen LogP contribution is -2.39. The molecule has 4 nitrogen and oxygen atoms in total. The van der Waals surface area contributed by atoms with Crippen molar-refractivity contribution in [2.45, 2.75) is 63.8 Å². The molecule has 2 unspecified atom stereocenters. The van der Waals surface area contributed by atoms with Gasteiger partial charge in [0.05, 0.1) is 5.69 Å². The summed E-state index contributed by atoms with van der Waals surface area (Å²) >= 11 is 0. The Morgan fingerprint density at radius 1 is 1.45 bits per heavy atom. The zero-order chi connectivity index (χ0) is 15.7. The highest BCUT2D eigenvalue weighted by molar-refractivity contribution is 5.78. The van der Waals surface area contributed by atoms with Crippen LogP contribution in [0.2, 0.25) is 0 Å². The van der Waals surface area contributed by atoms with Gasteiger partial charge in [0.25, 0.3) is 0 Å². The van der Waals surface area contributed by atoms with E-state index in [0.29, 0.717) is 19.4 Å². The predicted octanol–water partition coefficient (Wildman–Crippen LogP) is 3.01. The minimum Gasteiger partial charge on any atom is -0.355 e. The first-order chi connectivity index (χ1) is 10.4. The van der Waals surface area contributed by atoms with E-state index < -0.39 is 11.8 Å². The molecule has 2 aliphatic rings. The Bertz CT molecular complexity index is 556. The van der Waals surface area contributed by atoms with Crippen molar-refractivity contribution in [3.63, 3.8) is 0 Å². The Hall–Kier alpha value is -1.46. The number of hydrogen-bond acceptors (Lipinski definition) is 2. The third-order valence-corrected chi connectivity index (χ3v) is 4.78. The number of halogens is 2. The van der Waals surface area contributed by atoms with Crippen LogP contribution in [-0.2, 0) is 11.3 Å². The molecule has 1 aliphatic carbocycles. The van der Waals surface area contributed by atoms with Crippen LogP contribution in [0, 0.1) is 12.8 Å². The van der Waals surface area contributed by atoms with Crippen LogP contribution in [0.25, 0.3) is 0 Å². The van der Waals surface area contributed by atoms with Gasteiger partial charge in [-0.15, -0.1) is 0 Å². The SMILES string of the molecule is Cc1cn2c(n1)C(CNC(=O)C1CCCC(F)(F)C1)CCC2. The second kappa shape index (κ2) is 5.97. The van der Waals surface area contributed by atoms with Crippen molar-refractivity contribution in [2.75, 3.05) is 6.54 Å². The number of nitrogens with one attached hydrogen (secondary N) is 1. The van der Waals surface area contributed by atoms with Crippen LogP contribution < -0.4 is 5.32 Å². The van der Waals surface area contributed by atoms with Gasteiger partial charge in [-0.05, 0) is 32.6 Å². The third-order valence-electron chi connectivity index (χ3n) is 4.78. The summed E-state index contributed by atoms with van der Waals surface area (Å²) < 4.78 is 29.0. The standard InChI is InChI=1S/C16H23F2N3O/c1-11-10-21-7-3-5-13(14(21)20-11)9-19-15(22)12-4-2-6-16(17,18)8-12/h10,12-13H,2-9H2,1H3,(H,19,22). The number of rotatable bonds is 3. The fourth-order valence-corrected chi connectivity index (χ4v) is 3.66. The van der Waals surface area contributed by atoms with Gasteiger partial charge in [0.15, 0.2) is 0 Å². The van der Waals surface area contributed by atoms with Crippen LogP contribution in [-0.4, -0.2) is 27.9 Å². The molecule has 1 amide bonds. The van der Waals surface area contributed by atoms with Crippen molar-refractivity contribution in [1.82, 2.24) is 14.9 Å². The maximum absolute atomic E-state index is 13.4. The molecule has 1 aliphatic heterocycles. The molecule has 0 aromatic carbocycles. The molecule has 2 atom stereocenters. The van der Waals surface area contributed by atoms with Crippen molar-refractivity contribution in [3.05, 3.63) is 17.7 Å². The van der Waals surface area contributed by atoms with E-state index in [2.05, 4.69) is 14.9 Å². The highest BCUT2D eigenvalue weighted by atomic mass is 19.3. The van der Waals surface area contributed by atoms with Crippen LogP contribution in [0.4, 0.5) is 8.78 Å². The number of carbonyl (C=O) groups is 1. The summed E-state index contributed by atoms with van der Waals surface area (Å²) in [7, 11) is 0. The summed E-state index contributed by atoms with van der Waals surface area (Å²) in [5.74, 6) is -2.25. The van der Waals surface area contributed by atoms with Gasteiger partial charge in [-0.2, -0.15) is 0 Å². The van der Waals surface area contributed by atoms with Crippen LogP contribution in [0.1, 0.15) is 56.0 Å². The first kappa shape index (κ1) is 15.4. The van der Waals surface area contributed by atoms with E-state index in [9.17, 15) is 13.6 Å². The molecule has 1 N–H and O–H groups in total. The van der Waals surface area contributed by atoms with Crippen molar-refractivity contribution in [3.8, 4) is 0 Å². The summed E-state index contributed by atoms with van der Waals surface area (Å²) in [5.41, 5.74) is 0.986. The lowest BCUT2D eigenvalue weighted by atomic mass is 9.86. The number of aromatic nitrogens is 2. The van der Waals surface area contributed by atoms with E-state index in [0.717, 1.165) is 30.9 Å². The molecular weight excluding hydrogens is 288 g/mol. The monoisotopic (exact) mass is 311 g/mol. The van der Waals surface area contributed by atoms with Crippen LogP contribution in [0.3, 0.4) is 0 Å². The van der Waals surface area contributed by atoms with Gasteiger partial charge in [-0.25, -0.2) is 13.8 Å². The number of alkyl halides is 2. The van der Waals surface area contributed by atoms with E-state index in [-0.39, 0.29) is 24.7 Å². The normalized spacial score (nSPS) is 27.2. The molecule has 0 radical (unpaired) electrons. The molecule has 0 bridgehead atoms. The zero-order valence-corrected chi connectivity index (χ0v) is 12.9. The molecule has 0 saturated heterocycles. The molecule has 1 fully saturated rings.